The van der Waals surface area contributed by atoms with Crippen molar-refractivity contribution in [3.05, 3.63) is 23.4 Å². The van der Waals surface area contributed by atoms with Crippen LogP contribution < -0.4 is 5.73 Å². The zero-order valence-electron chi connectivity index (χ0n) is 9.79. The lowest BCUT2D eigenvalue weighted by atomic mass is 9.87. The van der Waals surface area contributed by atoms with E-state index in [-0.39, 0.29) is 11.2 Å². The molecule has 0 fully saturated rings. The molecule has 3 heteroatoms. The number of aromatic nitrogens is 1. The van der Waals surface area contributed by atoms with Crippen molar-refractivity contribution >= 4 is 11.6 Å². The SMILES string of the molecule is Cc1ccnc(N)c1C(=O)CC(C)(C)C. The fourth-order valence-corrected chi connectivity index (χ4v) is 1.51. The second kappa shape index (κ2) is 4.01. The van der Waals surface area contributed by atoms with Crippen LogP contribution in [0, 0.1) is 12.3 Å². The van der Waals surface area contributed by atoms with Crippen LogP contribution in [0.1, 0.15) is 43.1 Å². The van der Waals surface area contributed by atoms with E-state index in [9.17, 15) is 4.79 Å². The number of nitrogen functional groups attached to an aromatic ring is 1. The van der Waals surface area contributed by atoms with Gasteiger partial charge in [-0.05, 0) is 24.0 Å². The Morgan fingerprint density at radius 2 is 2.07 bits per heavy atom. The maximum atomic E-state index is 12.0. The predicted octanol–water partition coefficient (Wildman–Crippen LogP) is 2.59. The van der Waals surface area contributed by atoms with Gasteiger partial charge in [-0.25, -0.2) is 4.98 Å². The molecule has 0 radical (unpaired) electrons. The predicted molar refractivity (Wildman–Crippen MR) is 61.8 cm³/mol. The fraction of sp³-hybridized carbons (Fsp3) is 0.500. The van der Waals surface area contributed by atoms with Gasteiger partial charge in [-0.15, -0.1) is 0 Å². The second-order valence-electron chi connectivity index (χ2n) is 5.05. The first-order valence-corrected chi connectivity index (χ1v) is 5.05. The van der Waals surface area contributed by atoms with Crippen LogP contribution in [0.4, 0.5) is 5.82 Å². The van der Waals surface area contributed by atoms with Crippen LogP contribution in [0.25, 0.3) is 0 Å². The molecule has 0 aromatic carbocycles. The van der Waals surface area contributed by atoms with Crippen LogP contribution in [0.2, 0.25) is 0 Å². The lowest BCUT2D eigenvalue weighted by Crippen LogP contribution is -2.16. The van der Waals surface area contributed by atoms with Gasteiger partial charge in [0, 0.05) is 12.6 Å². The summed E-state index contributed by atoms with van der Waals surface area (Å²) in [5.74, 6) is 0.412. The Morgan fingerprint density at radius 1 is 1.47 bits per heavy atom. The van der Waals surface area contributed by atoms with Crippen molar-refractivity contribution in [3.8, 4) is 0 Å². The molecule has 2 N–H and O–H groups in total. The minimum atomic E-state index is -0.0220. The van der Waals surface area contributed by atoms with Crippen molar-refractivity contribution < 1.29 is 4.79 Å². The molecule has 0 spiro atoms. The van der Waals surface area contributed by atoms with Gasteiger partial charge in [0.2, 0.25) is 0 Å². The van der Waals surface area contributed by atoms with E-state index >= 15 is 0 Å². The van der Waals surface area contributed by atoms with E-state index in [0.717, 1.165) is 5.56 Å². The number of nitrogens with two attached hydrogens (primary N) is 1. The third kappa shape index (κ3) is 3.05. The molecule has 1 aromatic rings. The highest BCUT2D eigenvalue weighted by atomic mass is 16.1. The standard InChI is InChI=1S/C12H18N2O/c1-8-5-6-14-11(13)10(8)9(15)7-12(2,3)4/h5-6H,7H2,1-4H3,(H2,13,14). The summed E-state index contributed by atoms with van der Waals surface area (Å²) in [5, 5.41) is 0. The van der Waals surface area contributed by atoms with Gasteiger partial charge in [0.15, 0.2) is 5.78 Å². The van der Waals surface area contributed by atoms with E-state index in [2.05, 4.69) is 4.98 Å². The number of hydrogen-bond acceptors (Lipinski definition) is 3. The van der Waals surface area contributed by atoms with Crippen molar-refractivity contribution in [3.63, 3.8) is 0 Å². The third-order valence-electron chi connectivity index (χ3n) is 2.16. The van der Waals surface area contributed by atoms with Gasteiger partial charge < -0.3 is 5.73 Å². The van der Waals surface area contributed by atoms with Crippen molar-refractivity contribution in [2.24, 2.45) is 5.41 Å². The molecule has 3 nitrogen and oxygen atoms in total. The molecule has 82 valence electrons. The Morgan fingerprint density at radius 3 is 2.53 bits per heavy atom. The number of Topliss-reactive ketones (excluding diaryl/α,β-unsaturated/α-hetero) is 1. The van der Waals surface area contributed by atoms with E-state index in [1.807, 2.05) is 33.8 Å². The highest BCUT2D eigenvalue weighted by molar-refractivity contribution is 6.01. The number of hydrogen-bond donors (Lipinski definition) is 1. The summed E-state index contributed by atoms with van der Waals surface area (Å²) in [6.07, 6.45) is 2.11. The van der Waals surface area contributed by atoms with E-state index in [1.165, 1.54) is 0 Å². The number of anilines is 1. The zero-order valence-corrected chi connectivity index (χ0v) is 9.79. The molecule has 0 aliphatic rings. The van der Waals surface area contributed by atoms with Crippen molar-refractivity contribution in [2.45, 2.75) is 34.1 Å². The zero-order chi connectivity index (χ0) is 11.6. The van der Waals surface area contributed by atoms with Crippen LogP contribution in [-0.2, 0) is 0 Å². The first-order valence-electron chi connectivity index (χ1n) is 5.05. The molecule has 1 heterocycles. The summed E-state index contributed by atoms with van der Waals surface area (Å²) < 4.78 is 0. The average molecular weight is 206 g/mol. The molecule has 0 amide bonds. The van der Waals surface area contributed by atoms with Gasteiger partial charge in [0.25, 0.3) is 0 Å². The monoisotopic (exact) mass is 206 g/mol. The number of rotatable bonds is 2. The number of carbonyl (C=O) groups excluding carboxylic acids is 1. The van der Waals surface area contributed by atoms with E-state index < -0.39 is 0 Å². The molecule has 0 saturated carbocycles. The fourth-order valence-electron chi connectivity index (χ4n) is 1.51. The van der Waals surface area contributed by atoms with Gasteiger partial charge >= 0.3 is 0 Å². The molecular formula is C12H18N2O. The summed E-state index contributed by atoms with van der Waals surface area (Å²) in [6.45, 7) is 7.99. The van der Waals surface area contributed by atoms with E-state index in [4.69, 9.17) is 5.73 Å². The largest absolute Gasteiger partial charge is 0.383 e. The van der Waals surface area contributed by atoms with E-state index in [1.54, 1.807) is 6.20 Å². The smallest absolute Gasteiger partial charge is 0.167 e. The molecule has 1 aromatic heterocycles. The minimum Gasteiger partial charge on any atom is -0.383 e. The molecule has 0 saturated heterocycles. The Labute approximate surface area is 90.7 Å². The van der Waals surface area contributed by atoms with Crippen molar-refractivity contribution in [1.82, 2.24) is 4.98 Å². The van der Waals surface area contributed by atoms with Crippen LogP contribution in [-0.4, -0.2) is 10.8 Å². The van der Waals surface area contributed by atoms with E-state index in [0.29, 0.717) is 17.8 Å². The minimum absolute atomic E-state index is 0.0220. The van der Waals surface area contributed by atoms with Gasteiger partial charge in [-0.3, -0.25) is 4.79 Å². The summed E-state index contributed by atoms with van der Waals surface area (Å²) in [5.41, 5.74) is 7.16. The number of nitrogens with zero attached hydrogens (tertiary/aromatic N) is 1. The molecule has 0 unspecified atom stereocenters. The normalized spacial score (nSPS) is 11.5. The number of pyridine rings is 1. The highest BCUT2D eigenvalue weighted by Crippen LogP contribution is 2.24. The molecular weight excluding hydrogens is 188 g/mol. The maximum Gasteiger partial charge on any atom is 0.167 e. The topological polar surface area (TPSA) is 56.0 Å². The average Bonchev–Trinajstić information content (AvgIpc) is 1.99. The number of aryl methyl sites for hydroxylation is 1. The Kier molecular flexibility index (Phi) is 3.12. The van der Waals surface area contributed by atoms with Crippen LogP contribution in [0.3, 0.4) is 0 Å². The van der Waals surface area contributed by atoms with Gasteiger partial charge in [0.1, 0.15) is 5.82 Å². The number of carbonyl (C=O) groups is 1. The highest BCUT2D eigenvalue weighted by Gasteiger charge is 2.20. The van der Waals surface area contributed by atoms with Crippen molar-refractivity contribution in [2.75, 3.05) is 5.73 Å². The third-order valence-corrected chi connectivity index (χ3v) is 2.16. The Balaban J connectivity index is 3.02. The summed E-state index contributed by atoms with van der Waals surface area (Å²) in [7, 11) is 0. The molecule has 0 aliphatic heterocycles. The molecule has 1 rings (SSSR count). The van der Waals surface area contributed by atoms with Gasteiger partial charge in [0.05, 0.1) is 5.56 Å². The van der Waals surface area contributed by atoms with Crippen LogP contribution in [0.5, 0.6) is 0 Å². The second-order valence-corrected chi connectivity index (χ2v) is 5.05. The summed E-state index contributed by atoms with van der Waals surface area (Å²) in [4.78, 5) is 15.9. The molecule has 0 atom stereocenters. The van der Waals surface area contributed by atoms with Crippen LogP contribution in [0.15, 0.2) is 12.3 Å². The first-order chi connectivity index (χ1) is 6.81. The summed E-state index contributed by atoms with van der Waals surface area (Å²) in [6, 6.07) is 1.81. The van der Waals surface area contributed by atoms with Crippen molar-refractivity contribution in [1.29, 1.82) is 0 Å². The molecule has 0 bridgehead atoms. The molecule has 0 aliphatic carbocycles. The Hall–Kier alpha value is -1.38. The lowest BCUT2D eigenvalue weighted by Gasteiger charge is -2.17. The van der Waals surface area contributed by atoms with Gasteiger partial charge in [-0.1, -0.05) is 20.8 Å². The van der Waals surface area contributed by atoms with Crippen LogP contribution >= 0.6 is 0 Å². The summed E-state index contributed by atoms with van der Waals surface area (Å²) >= 11 is 0. The first kappa shape index (κ1) is 11.7. The molecule has 15 heavy (non-hydrogen) atoms. The Bertz CT molecular complexity index is 357. The quantitative estimate of drug-likeness (QED) is 0.757. The maximum absolute atomic E-state index is 12.0. The van der Waals surface area contributed by atoms with Gasteiger partial charge in [-0.2, -0.15) is 0 Å². The number of ketones is 1. The lowest BCUT2D eigenvalue weighted by molar-refractivity contribution is 0.0940.